The molecule has 0 saturated carbocycles. The smallest absolute Gasteiger partial charge is 0.274 e. The minimum atomic E-state index is -0.308. The molecule has 0 aliphatic carbocycles. The predicted molar refractivity (Wildman–Crippen MR) is 195 cm³/mol. The zero-order valence-corrected chi connectivity index (χ0v) is 30.5. The zero-order valence-electron chi connectivity index (χ0n) is 30.5. The van der Waals surface area contributed by atoms with Crippen molar-refractivity contribution >= 4 is 17.1 Å². The first-order valence-electron chi connectivity index (χ1n) is 19.6. The van der Waals surface area contributed by atoms with Gasteiger partial charge in [0.15, 0.2) is 11.5 Å². The van der Waals surface area contributed by atoms with E-state index in [1.807, 2.05) is 6.92 Å². The Bertz CT molecular complexity index is 1300. The number of aromatic nitrogens is 6. The Morgan fingerprint density at radius 3 is 1.68 bits per heavy atom. The zero-order chi connectivity index (χ0) is 33.7. The van der Waals surface area contributed by atoms with Crippen LogP contribution in [0.5, 0.6) is 0 Å². The van der Waals surface area contributed by atoms with Crippen LogP contribution in [0.3, 0.4) is 0 Å². The SMILES string of the molecule is CCCCCCCCCCCCCCCC(C)Cn1c2ncnc3c(ncn3C(=O)C(C)CCCCCCCCCCC)c-2nc1=O. The average Bonchev–Trinajstić information content (AvgIpc) is 3.56. The van der Waals surface area contributed by atoms with Gasteiger partial charge in [0.05, 0.1) is 0 Å². The van der Waals surface area contributed by atoms with Gasteiger partial charge in [0.2, 0.25) is 5.91 Å². The normalized spacial score (nSPS) is 13.1. The summed E-state index contributed by atoms with van der Waals surface area (Å²) < 4.78 is 3.19. The van der Waals surface area contributed by atoms with Gasteiger partial charge in [-0.05, 0) is 18.8 Å². The number of hydrogen-bond donors (Lipinski definition) is 0. The number of nitrogens with zero attached hydrogens (tertiary/aromatic N) is 6. The van der Waals surface area contributed by atoms with E-state index in [1.165, 1.54) is 146 Å². The van der Waals surface area contributed by atoms with Crippen LogP contribution in [0.15, 0.2) is 17.4 Å². The van der Waals surface area contributed by atoms with E-state index in [1.54, 1.807) is 4.57 Å². The van der Waals surface area contributed by atoms with Gasteiger partial charge in [-0.25, -0.2) is 19.7 Å². The molecule has 0 aromatic carbocycles. The van der Waals surface area contributed by atoms with Crippen LogP contribution < -0.4 is 5.69 Å². The maximum Gasteiger partial charge on any atom is 0.350 e. The fourth-order valence-corrected chi connectivity index (χ4v) is 6.85. The molecule has 0 saturated heterocycles. The Morgan fingerprint density at radius 2 is 1.15 bits per heavy atom. The molecule has 0 radical (unpaired) electrons. The van der Waals surface area contributed by atoms with E-state index < -0.39 is 0 Å². The Kier molecular flexibility index (Phi) is 18.9. The van der Waals surface area contributed by atoms with Gasteiger partial charge in [-0.3, -0.25) is 13.9 Å². The van der Waals surface area contributed by atoms with Crippen molar-refractivity contribution in [2.24, 2.45) is 11.8 Å². The second-order valence-electron chi connectivity index (χ2n) is 14.3. The molecule has 2 aliphatic heterocycles. The van der Waals surface area contributed by atoms with Crippen LogP contribution in [-0.4, -0.2) is 35.0 Å². The number of hydrogen-bond acceptors (Lipinski definition) is 6. The van der Waals surface area contributed by atoms with Crippen molar-refractivity contribution < 1.29 is 4.79 Å². The summed E-state index contributed by atoms with van der Waals surface area (Å²) >= 11 is 0. The predicted octanol–water partition coefficient (Wildman–Crippen LogP) is 10.8. The van der Waals surface area contributed by atoms with Gasteiger partial charge in [0.25, 0.3) is 0 Å². The molecule has 2 atom stereocenters. The highest BCUT2D eigenvalue weighted by atomic mass is 16.2. The second-order valence-corrected chi connectivity index (χ2v) is 14.3. The van der Waals surface area contributed by atoms with Gasteiger partial charge in [-0.1, -0.05) is 169 Å². The summed E-state index contributed by atoms with van der Waals surface area (Å²) in [5.41, 5.74) is 0.993. The lowest BCUT2D eigenvalue weighted by atomic mass is 10.0. The largest absolute Gasteiger partial charge is 0.350 e. The van der Waals surface area contributed by atoms with Gasteiger partial charge in [-0.2, -0.15) is 4.98 Å². The lowest BCUT2D eigenvalue weighted by molar-refractivity contribution is 0.0841. The molecule has 0 bridgehead atoms. The van der Waals surface area contributed by atoms with Crippen LogP contribution in [0.1, 0.15) is 187 Å². The Labute approximate surface area is 285 Å². The standard InChI is InChI=1S/C39H66N6O2/c1-5-7-9-11-13-15-16-17-18-20-21-23-25-27-32(3)29-44-37-35(43-39(44)47)34-36(40-30-41-37)45(31-42-34)38(46)33(4)28-26-24-22-19-14-12-10-8-6-2/h30-33H,5-29H2,1-4H3. The minimum Gasteiger partial charge on any atom is -0.274 e. The van der Waals surface area contributed by atoms with Crippen molar-refractivity contribution in [1.29, 1.82) is 0 Å². The molecule has 1 aromatic rings. The van der Waals surface area contributed by atoms with Gasteiger partial charge >= 0.3 is 5.69 Å². The molecule has 0 amide bonds. The van der Waals surface area contributed by atoms with E-state index in [2.05, 4.69) is 40.7 Å². The third-order valence-corrected chi connectivity index (χ3v) is 9.93. The molecule has 8 nitrogen and oxygen atoms in total. The lowest BCUT2D eigenvalue weighted by Crippen LogP contribution is -2.21. The Morgan fingerprint density at radius 1 is 0.660 bits per heavy atom. The summed E-state index contributed by atoms with van der Waals surface area (Å²) in [6.07, 6.45) is 33.8. The highest BCUT2D eigenvalue weighted by Gasteiger charge is 2.24. The van der Waals surface area contributed by atoms with E-state index >= 15 is 0 Å². The first-order valence-corrected chi connectivity index (χ1v) is 19.6. The van der Waals surface area contributed by atoms with Crippen molar-refractivity contribution in [3.05, 3.63) is 23.1 Å². The molecule has 0 N–H and O–H groups in total. The third kappa shape index (κ3) is 13.4. The topological polar surface area (TPSA) is 95.6 Å². The number of carbonyl (C=O) groups excluding carboxylic acids is 1. The number of imidazole rings is 2. The molecule has 3 heterocycles. The molecule has 3 rings (SSSR count). The van der Waals surface area contributed by atoms with Gasteiger partial charge in [-0.15, -0.1) is 0 Å². The van der Waals surface area contributed by atoms with E-state index in [0.717, 1.165) is 25.7 Å². The van der Waals surface area contributed by atoms with Crippen LogP contribution in [0, 0.1) is 11.8 Å². The molecule has 2 unspecified atom stereocenters. The molecule has 0 fully saturated rings. The molecular formula is C39H66N6O2. The first kappa shape index (κ1) is 38.8. The van der Waals surface area contributed by atoms with E-state index in [9.17, 15) is 9.59 Å². The highest BCUT2D eigenvalue weighted by molar-refractivity contribution is 5.93. The monoisotopic (exact) mass is 651 g/mol. The highest BCUT2D eigenvalue weighted by Crippen LogP contribution is 2.25. The van der Waals surface area contributed by atoms with Gasteiger partial charge in [0.1, 0.15) is 23.9 Å². The molecular weight excluding hydrogens is 584 g/mol. The number of rotatable bonds is 27. The summed E-state index contributed by atoms with van der Waals surface area (Å²) in [6, 6.07) is 0. The van der Waals surface area contributed by atoms with Crippen molar-refractivity contribution in [3.8, 4) is 11.5 Å². The van der Waals surface area contributed by atoms with Crippen LogP contribution >= 0.6 is 0 Å². The van der Waals surface area contributed by atoms with E-state index in [-0.39, 0.29) is 17.5 Å². The summed E-state index contributed by atoms with van der Waals surface area (Å²) in [5, 5.41) is 0. The van der Waals surface area contributed by atoms with Gasteiger partial charge in [0, 0.05) is 12.5 Å². The average molecular weight is 651 g/mol. The number of carbonyl (C=O) groups is 1. The van der Waals surface area contributed by atoms with Crippen molar-refractivity contribution in [1.82, 2.24) is 29.1 Å². The molecule has 8 heteroatoms. The molecule has 264 valence electrons. The Hall–Kier alpha value is -2.64. The molecule has 0 spiro atoms. The maximum absolute atomic E-state index is 13.4. The Balaban J connectivity index is 1.41. The van der Waals surface area contributed by atoms with E-state index in [4.69, 9.17) is 0 Å². The number of unbranched alkanes of at least 4 members (excludes halogenated alkanes) is 20. The first-order chi connectivity index (χ1) is 23.0. The molecule has 47 heavy (non-hydrogen) atoms. The fraction of sp³-hybridized carbons (Fsp3) is 0.795. The summed E-state index contributed by atoms with van der Waals surface area (Å²) in [7, 11) is 0. The van der Waals surface area contributed by atoms with Crippen LogP contribution in [0.2, 0.25) is 0 Å². The van der Waals surface area contributed by atoms with Crippen molar-refractivity contribution in [2.75, 3.05) is 0 Å². The second kappa shape index (κ2) is 22.8. The minimum absolute atomic E-state index is 0.0212. The summed E-state index contributed by atoms with van der Waals surface area (Å²) in [5.74, 6) is 0.679. The molecule has 2 aliphatic rings. The summed E-state index contributed by atoms with van der Waals surface area (Å²) in [4.78, 5) is 44.2. The van der Waals surface area contributed by atoms with Crippen molar-refractivity contribution in [3.63, 3.8) is 0 Å². The fourth-order valence-electron chi connectivity index (χ4n) is 6.85. The van der Waals surface area contributed by atoms with Crippen molar-refractivity contribution in [2.45, 2.75) is 188 Å². The van der Waals surface area contributed by atoms with Gasteiger partial charge < -0.3 is 0 Å². The van der Waals surface area contributed by atoms with Crippen LogP contribution in [0.4, 0.5) is 0 Å². The van der Waals surface area contributed by atoms with Crippen LogP contribution in [0.25, 0.3) is 22.7 Å². The maximum atomic E-state index is 13.4. The quantitative estimate of drug-likeness (QED) is 0.0762. The summed E-state index contributed by atoms with van der Waals surface area (Å²) in [6.45, 7) is 9.28. The van der Waals surface area contributed by atoms with E-state index in [0.29, 0.717) is 35.1 Å². The van der Waals surface area contributed by atoms with Crippen LogP contribution in [-0.2, 0) is 6.54 Å². The number of fused-ring (bicyclic) bond motifs is 3. The lowest BCUT2D eigenvalue weighted by Gasteiger charge is -2.12. The molecule has 1 aromatic heterocycles. The third-order valence-electron chi connectivity index (χ3n) is 9.93.